The number of piperazine rings is 2. The van der Waals surface area contributed by atoms with Crippen LogP contribution in [-0.4, -0.2) is 90.6 Å². The number of hydrogen-bond donors (Lipinski definition) is 0. The average Bonchev–Trinajstić information content (AvgIpc) is 3.14. The van der Waals surface area contributed by atoms with Crippen LogP contribution in [0.15, 0.2) is 54.6 Å². The summed E-state index contributed by atoms with van der Waals surface area (Å²) >= 11 is 6.28. The summed E-state index contributed by atoms with van der Waals surface area (Å²) in [4.78, 5) is 10.1. The van der Waals surface area contributed by atoms with Crippen LogP contribution in [0.1, 0.15) is 16.8 Å². The Morgan fingerprint density at radius 1 is 0.657 bits per heavy atom. The Kier molecular flexibility index (Phi) is 7.61. The van der Waals surface area contributed by atoms with Gasteiger partial charge in [-0.3, -0.25) is 9.80 Å². The van der Waals surface area contributed by atoms with Gasteiger partial charge in [0.25, 0.3) is 0 Å². The predicted octanol–water partition coefficient (Wildman–Crippen LogP) is 4.60. The van der Waals surface area contributed by atoms with Crippen molar-refractivity contribution >= 4 is 11.6 Å². The number of hydrogen-bond acceptors (Lipinski definition) is 4. The monoisotopic (exact) mass is 491 g/mol. The van der Waals surface area contributed by atoms with Gasteiger partial charge in [-0.05, 0) is 62.0 Å². The minimum Gasteiger partial charge on any atom is -0.313 e. The molecule has 1 aromatic heterocycles. The molecule has 0 unspecified atom stereocenters. The van der Waals surface area contributed by atoms with Gasteiger partial charge >= 0.3 is 0 Å². The first-order valence-corrected chi connectivity index (χ1v) is 13.2. The highest BCUT2D eigenvalue weighted by Crippen LogP contribution is 2.36. The number of rotatable bonds is 6. The smallest absolute Gasteiger partial charge is 0.0579 e. The number of likely N-dealkylation sites (N-methyl/N-ethyl adjacent to an activating group) is 2. The van der Waals surface area contributed by atoms with Crippen LogP contribution in [0.2, 0.25) is 5.02 Å². The molecule has 0 saturated carbocycles. The van der Waals surface area contributed by atoms with E-state index in [1.165, 1.54) is 33.8 Å². The Bertz CT molecular complexity index is 1110. The SMILES string of the molecule is Cc1c(CN2CCN(C)CC2)c(CN2CCN(C)CC2)c(-c2ccccc2)n1-c1ccc(Cl)cc1. The molecule has 0 aliphatic carbocycles. The molecule has 186 valence electrons. The molecule has 35 heavy (non-hydrogen) atoms. The summed E-state index contributed by atoms with van der Waals surface area (Å²) in [6, 6.07) is 19.3. The lowest BCUT2D eigenvalue weighted by atomic mass is 10.0. The van der Waals surface area contributed by atoms with Gasteiger partial charge in [-0.15, -0.1) is 0 Å². The summed E-state index contributed by atoms with van der Waals surface area (Å²) in [6.45, 7) is 13.3. The summed E-state index contributed by atoms with van der Waals surface area (Å²) < 4.78 is 2.47. The molecule has 2 fully saturated rings. The molecule has 0 atom stereocenters. The first-order chi connectivity index (χ1) is 17.0. The third-order valence-corrected chi connectivity index (χ3v) is 7.99. The first-order valence-electron chi connectivity index (χ1n) is 12.9. The van der Waals surface area contributed by atoms with Gasteiger partial charge in [0.05, 0.1) is 5.69 Å². The quantitative estimate of drug-likeness (QED) is 0.501. The molecule has 2 aliphatic rings. The van der Waals surface area contributed by atoms with E-state index in [0.717, 1.165) is 70.5 Å². The lowest BCUT2D eigenvalue weighted by Crippen LogP contribution is -2.45. The zero-order valence-corrected chi connectivity index (χ0v) is 22.1. The van der Waals surface area contributed by atoms with E-state index in [2.05, 4.69) is 87.7 Å². The molecule has 5 rings (SSSR count). The van der Waals surface area contributed by atoms with Gasteiger partial charge in [-0.2, -0.15) is 0 Å². The maximum Gasteiger partial charge on any atom is 0.0579 e. The molecule has 3 aromatic rings. The molecule has 6 heteroatoms. The van der Waals surface area contributed by atoms with E-state index in [1.807, 2.05) is 12.1 Å². The molecule has 0 N–H and O–H groups in total. The predicted molar refractivity (Wildman–Crippen MR) is 146 cm³/mol. The van der Waals surface area contributed by atoms with Crippen molar-refractivity contribution in [2.45, 2.75) is 20.0 Å². The lowest BCUT2D eigenvalue weighted by Gasteiger charge is -2.34. The van der Waals surface area contributed by atoms with E-state index in [0.29, 0.717) is 0 Å². The van der Waals surface area contributed by atoms with Crippen LogP contribution < -0.4 is 0 Å². The van der Waals surface area contributed by atoms with Crippen LogP contribution in [-0.2, 0) is 13.1 Å². The van der Waals surface area contributed by atoms with Crippen LogP contribution in [0, 0.1) is 6.92 Å². The summed E-state index contributed by atoms with van der Waals surface area (Å²) in [7, 11) is 4.46. The third-order valence-electron chi connectivity index (χ3n) is 7.73. The molecule has 0 radical (unpaired) electrons. The second-order valence-corrected chi connectivity index (χ2v) is 10.7. The van der Waals surface area contributed by atoms with E-state index in [1.54, 1.807) is 0 Å². The number of nitrogens with zero attached hydrogens (tertiary/aromatic N) is 5. The van der Waals surface area contributed by atoms with E-state index in [9.17, 15) is 0 Å². The normalized spacial score (nSPS) is 18.9. The highest BCUT2D eigenvalue weighted by Gasteiger charge is 2.27. The van der Waals surface area contributed by atoms with Gasteiger partial charge in [-0.25, -0.2) is 0 Å². The molecule has 2 aliphatic heterocycles. The maximum absolute atomic E-state index is 6.28. The van der Waals surface area contributed by atoms with Gasteiger partial charge in [-0.1, -0.05) is 41.9 Å². The fraction of sp³-hybridized carbons (Fsp3) is 0.448. The Balaban J connectivity index is 1.63. The van der Waals surface area contributed by atoms with E-state index in [4.69, 9.17) is 11.6 Å². The summed E-state index contributed by atoms with van der Waals surface area (Å²) in [5.74, 6) is 0. The zero-order chi connectivity index (χ0) is 24.4. The second kappa shape index (κ2) is 10.9. The van der Waals surface area contributed by atoms with Crippen molar-refractivity contribution in [3.8, 4) is 16.9 Å². The van der Waals surface area contributed by atoms with E-state index in [-0.39, 0.29) is 0 Å². The van der Waals surface area contributed by atoms with Crippen LogP contribution in [0.3, 0.4) is 0 Å². The van der Waals surface area contributed by atoms with Gasteiger partial charge in [0, 0.05) is 81.9 Å². The standard InChI is InChI=1S/C29H38ClN5/c1-23-27(21-33-17-13-31(2)14-18-33)28(22-34-19-15-32(3)16-20-34)29(24-7-5-4-6-8-24)35(23)26-11-9-25(30)10-12-26/h4-12H,13-22H2,1-3H3. The highest BCUT2D eigenvalue weighted by molar-refractivity contribution is 6.30. The van der Waals surface area contributed by atoms with Gasteiger partial charge in [0.2, 0.25) is 0 Å². The van der Waals surface area contributed by atoms with Crippen molar-refractivity contribution in [1.29, 1.82) is 0 Å². The summed E-state index contributed by atoms with van der Waals surface area (Å²) in [5, 5.41) is 0.773. The molecule has 0 amide bonds. The van der Waals surface area contributed by atoms with Gasteiger partial charge in [0.15, 0.2) is 0 Å². The Morgan fingerprint density at radius 3 is 1.71 bits per heavy atom. The molecular weight excluding hydrogens is 454 g/mol. The first kappa shape index (κ1) is 24.5. The lowest BCUT2D eigenvalue weighted by molar-refractivity contribution is 0.141. The molecule has 2 aromatic carbocycles. The van der Waals surface area contributed by atoms with Crippen LogP contribution in [0.4, 0.5) is 0 Å². The van der Waals surface area contributed by atoms with Crippen molar-refractivity contribution < 1.29 is 0 Å². The Morgan fingerprint density at radius 2 is 1.17 bits per heavy atom. The average molecular weight is 492 g/mol. The van der Waals surface area contributed by atoms with Gasteiger partial charge in [0.1, 0.15) is 0 Å². The molecule has 5 nitrogen and oxygen atoms in total. The molecular formula is C29H38ClN5. The van der Waals surface area contributed by atoms with Crippen molar-refractivity contribution in [2.24, 2.45) is 0 Å². The largest absolute Gasteiger partial charge is 0.313 e. The topological polar surface area (TPSA) is 17.9 Å². The Hall–Kier alpha value is -2.15. The van der Waals surface area contributed by atoms with Gasteiger partial charge < -0.3 is 14.4 Å². The molecule has 3 heterocycles. The number of aromatic nitrogens is 1. The minimum absolute atomic E-state index is 0.773. The van der Waals surface area contributed by atoms with Crippen molar-refractivity contribution in [3.63, 3.8) is 0 Å². The molecule has 2 saturated heterocycles. The van der Waals surface area contributed by atoms with Crippen molar-refractivity contribution in [3.05, 3.63) is 76.4 Å². The van der Waals surface area contributed by atoms with Crippen molar-refractivity contribution in [1.82, 2.24) is 24.2 Å². The highest BCUT2D eigenvalue weighted by atomic mass is 35.5. The maximum atomic E-state index is 6.28. The van der Waals surface area contributed by atoms with Crippen LogP contribution >= 0.6 is 11.6 Å². The van der Waals surface area contributed by atoms with Crippen molar-refractivity contribution in [2.75, 3.05) is 66.5 Å². The summed E-state index contributed by atoms with van der Waals surface area (Å²) in [5.41, 5.74) is 8.09. The number of halogens is 1. The van der Waals surface area contributed by atoms with Crippen LogP contribution in [0.5, 0.6) is 0 Å². The fourth-order valence-electron chi connectivity index (χ4n) is 5.45. The Labute approximate surface area is 215 Å². The fourth-order valence-corrected chi connectivity index (χ4v) is 5.58. The summed E-state index contributed by atoms with van der Waals surface area (Å²) in [6.07, 6.45) is 0. The van der Waals surface area contributed by atoms with Crippen LogP contribution in [0.25, 0.3) is 16.9 Å². The van der Waals surface area contributed by atoms with E-state index >= 15 is 0 Å². The zero-order valence-electron chi connectivity index (χ0n) is 21.4. The molecule has 0 spiro atoms. The van der Waals surface area contributed by atoms with E-state index < -0.39 is 0 Å². The number of benzene rings is 2. The third kappa shape index (κ3) is 5.50. The second-order valence-electron chi connectivity index (χ2n) is 10.2. The minimum atomic E-state index is 0.773. The molecule has 0 bridgehead atoms.